The summed E-state index contributed by atoms with van der Waals surface area (Å²) in [4.78, 5) is 48.2. The van der Waals surface area contributed by atoms with Crippen LogP contribution < -0.4 is 25.0 Å². The van der Waals surface area contributed by atoms with Crippen LogP contribution in [-0.2, 0) is 0 Å². The van der Waals surface area contributed by atoms with Crippen LogP contribution in [0.4, 0.5) is 11.4 Å². The van der Waals surface area contributed by atoms with E-state index >= 15 is 0 Å². The number of methoxy groups -OCH3 is 2. The molecular formula is C30H23ClN4O8. The number of amides is 2. The number of non-ortho nitro benzene ring substituents is 1. The highest BCUT2D eigenvalue weighted by molar-refractivity contribution is 6.31. The average Bonchev–Trinajstić information content (AvgIpc) is 3.01. The SMILES string of the molecule is COc1cc(C=NNC(=O)c2cccc(NC(=O)c3cc(Cl)ccc3OC)c2)ccc1OC(=O)c1ccc([N+](=O)[O-])cc1. The third kappa shape index (κ3) is 7.71. The number of halogens is 1. The highest BCUT2D eigenvalue weighted by atomic mass is 35.5. The summed E-state index contributed by atoms with van der Waals surface area (Å²) in [6.07, 6.45) is 1.36. The minimum absolute atomic E-state index is 0.112. The summed E-state index contributed by atoms with van der Waals surface area (Å²) in [6, 6.07) is 20.5. The van der Waals surface area contributed by atoms with Crippen molar-refractivity contribution in [1.29, 1.82) is 0 Å². The molecule has 0 atom stereocenters. The van der Waals surface area contributed by atoms with Crippen molar-refractivity contribution in [1.82, 2.24) is 5.43 Å². The number of nitrogens with one attached hydrogen (secondary N) is 2. The van der Waals surface area contributed by atoms with E-state index in [1.807, 2.05) is 0 Å². The molecule has 12 nitrogen and oxygen atoms in total. The van der Waals surface area contributed by atoms with Gasteiger partial charge < -0.3 is 19.5 Å². The standard InChI is InChI=1S/C30H23ClN4O8/c1-41-25-13-9-21(31)16-24(25)29(37)33-22-5-3-4-20(15-22)28(36)34-32-17-18-6-12-26(27(14-18)42-2)43-30(38)19-7-10-23(11-8-19)35(39)40/h3-17H,1-2H3,(H,33,37)(H,34,36). The first-order chi connectivity index (χ1) is 20.7. The van der Waals surface area contributed by atoms with Crippen LogP contribution in [0.25, 0.3) is 0 Å². The lowest BCUT2D eigenvalue weighted by Crippen LogP contribution is -2.18. The highest BCUT2D eigenvalue weighted by Crippen LogP contribution is 2.29. The van der Waals surface area contributed by atoms with Gasteiger partial charge in [-0.05, 0) is 72.3 Å². The van der Waals surface area contributed by atoms with Gasteiger partial charge in [0.1, 0.15) is 5.75 Å². The Labute approximate surface area is 250 Å². The number of hydrogen-bond acceptors (Lipinski definition) is 9. The molecule has 218 valence electrons. The molecule has 2 N–H and O–H groups in total. The number of anilines is 1. The molecule has 0 heterocycles. The maximum Gasteiger partial charge on any atom is 0.343 e. The minimum Gasteiger partial charge on any atom is -0.496 e. The van der Waals surface area contributed by atoms with Gasteiger partial charge in [-0.1, -0.05) is 17.7 Å². The van der Waals surface area contributed by atoms with Gasteiger partial charge >= 0.3 is 5.97 Å². The first kappa shape index (κ1) is 30.2. The zero-order chi connectivity index (χ0) is 30.9. The molecule has 4 rings (SSSR count). The fourth-order valence-electron chi connectivity index (χ4n) is 3.75. The summed E-state index contributed by atoms with van der Waals surface area (Å²) in [5.74, 6) is -1.06. The lowest BCUT2D eigenvalue weighted by Gasteiger charge is -2.10. The molecule has 0 aliphatic carbocycles. The van der Waals surface area contributed by atoms with Crippen LogP contribution in [0.15, 0.2) is 90.0 Å². The molecule has 0 radical (unpaired) electrons. The lowest BCUT2D eigenvalue weighted by atomic mass is 10.1. The van der Waals surface area contributed by atoms with E-state index in [2.05, 4.69) is 15.8 Å². The minimum atomic E-state index is -0.730. The molecule has 43 heavy (non-hydrogen) atoms. The number of ether oxygens (including phenoxy) is 3. The molecule has 0 saturated heterocycles. The van der Waals surface area contributed by atoms with Crippen molar-refractivity contribution < 1.29 is 33.5 Å². The number of nitrogens with zero attached hydrogens (tertiary/aromatic N) is 2. The molecule has 0 unspecified atom stereocenters. The van der Waals surface area contributed by atoms with E-state index < -0.39 is 22.7 Å². The van der Waals surface area contributed by atoms with E-state index in [4.69, 9.17) is 25.8 Å². The average molecular weight is 603 g/mol. The van der Waals surface area contributed by atoms with Crippen LogP contribution >= 0.6 is 11.6 Å². The number of rotatable bonds is 10. The zero-order valence-corrected chi connectivity index (χ0v) is 23.5. The van der Waals surface area contributed by atoms with Gasteiger partial charge in [0, 0.05) is 28.4 Å². The van der Waals surface area contributed by atoms with Gasteiger partial charge in [-0.2, -0.15) is 5.10 Å². The largest absolute Gasteiger partial charge is 0.496 e. The normalized spacial score (nSPS) is 10.6. The number of nitro benzene ring substituents is 1. The fraction of sp³-hybridized carbons (Fsp3) is 0.0667. The number of nitro groups is 1. The van der Waals surface area contributed by atoms with Crippen LogP contribution in [0.5, 0.6) is 17.2 Å². The van der Waals surface area contributed by atoms with Crippen LogP contribution in [-0.4, -0.2) is 43.1 Å². The fourth-order valence-corrected chi connectivity index (χ4v) is 3.92. The number of carbonyl (C=O) groups is 3. The third-order valence-electron chi connectivity index (χ3n) is 5.87. The van der Waals surface area contributed by atoms with Crippen molar-refractivity contribution in [3.05, 3.63) is 122 Å². The molecule has 0 aliphatic heterocycles. The Morgan fingerprint density at radius 3 is 2.26 bits per heavy atom. The molecular weight excluding hydrogens is 580 g/mol. The van der Waals surface area contributed by atoms with Gasteiger partial charge in [-0.15, -0.1) is 0 Å². The molecule has 0 fully saturated rings. The summed E-state index contributed by atoms with van der Waals surface area (Å²) >= 11 is 6.01. The van der Waals surface area contributed by atoms with Crippen molar-refractivity contribution in [2.24, 2.45) is 5.10 Å². The number of hydrogen-bond donors (Lipinski definition) is 2. The summed E-state index contributed by atoms with van der Waals surface area (Å²) in [7, 11) is 2.82. The van der Waals surface area contributed by atoms with Gasteiger partial charge in [-0.3, -0.25) is 19.7 Å². The molecule has 13 heteroatoms. The predicted molar refractivity (Wildman–Crippen MR) is 159 cm³/mol. The second kappa shape index (κ2) is 13.7. The van der Waals surface area contributed by atoms with Gasteiger partial charge in [0.05, 0.1) is 36.5 Å². The van der Waals surface area contributed by atoms with E-state index in [-0.39, 0.29) is 33.9 Å². The van der Waals surface area contributed by atoms with Crippen LogP contribution in [0.2, 0.25) is 5.02 Å². The molecule has 4 aromatic carbocycles. The predicted octanol–water partition coefficient (Wildman–Crippen LogP) is 5.50. The molecule has 0 spiro atoms. The smallest absolute Gasteiger partial charge is 0.343 e. The van der Waals surface area contributed by atoms with E-state index in [0.29, 0.717) is 22.0 Å². The molecule has 4 aromatic rings. The van der Waals surface area contributed by atoms with E-state index in [9.17, 15) is 24.5 Å². The van der Waals surface area contributed by atoms with Crippen molar-refractivity contribution >= 4 is 47.0 Å². The Kier molecular flexibility index (Phi) is 9.66. The molecule has 2 amide bonds. The summed E-state index contributed by atoms with van der Waals surface area (Å²) in [5, 5.41) is 17.9. The maximum atomic E-state index is 12.8. The molecule has 0 bridgehead atoms. The number of esters is 1. The number of hydrazone groups is 1. The van der Waals surface area contributed by atoms with Crippen molar-refractivity contribution in [3.63, 3.8) is 0 Å². The summed E-state index contributed by atoms with van der Waals surface area (Å²) in [5.41, 5.74) is 3.73. The highest BCUT2D eigenvalue weighted by Gasteiger charge is 2.16. The number of benzene rings is 4. The second-order valence-corrected chi connectivity index (χ2v) is 9.12. The third-order valence-corrected chi connectivity index (χ3v) is 6.11. The molecule has 0 saturated carbocycles. The Balaban J connectivity index is 1.38. The maximum absolute atomic E-state index is 12.8. The van der Waals surface area contributed by atoms with Crippen molar-refractivity contribution in [2.75, 3.05) is 19.5 Å². The van der Waals surface area contributed by atoms with Crippen LogP contribution in [0.3, 0.4) is 0 Å². The monoisotopic (exact) mass is 602 g/mol. The van der Waals surface area contributed by atoms with Gasteiger partial charge in [0.15, 0.2) is 11.5 Å². The summed E-state index contributed by atoms with van der Waals surface area (Å²) < 4.78 is 15.9. The van der Waals surface area contributed by atoms with Crippen molar-refractivity contribution in [3.8, 4) is 17.2 Å². The Hall–Kier alpha value is -5.75. The Morgan fingerprint density at radius 1 is 0.837 bits per heavy atom. The number of carbonyl (C=O) groups excluding carboxylic acids is 3. The van der Waals surface area contributed by atoms with Crippen molar-refractivity contribution in [2.45, 2.75) is 0 Å². The van der Waals surface area contributed by atoms with Gasteiger partial charge in [-0.25, -0.2) is 10.2 Å². The Bertz CT molecular complexity index is 1720. The van der Waals surface area contributed by atoms with Crippen LogP contribution in [0.1, 0.15) is 36.6 Å². The van der Waals surface area contributed by atoms with Gasteiger partial charge in [0.2, 0.25) is 0 Å². The first-order valence-electron chi connectivity index (χ1n) is 12.4. The molecule has 0 aliphatic rings. The Morgan fingerprint density at radius 2 is 1.56 bits per heavy atom. The first-order valence-corrected chi connectivity index (χ1v) is 12.8. The van der Waals surface area contributed by atoms with E-state index in [1.54, 1.807) is 36.4 Å². The lowest BCUT2D eigenvalue weighted by molar-refractivity contribution is -0.384. The molecule has 0 aromatic heterocycles. The topological polar surface area (TPSA) is 158 Å². The van der Waals surface area contributed by atoms with Gasteiger partial charge in [0.25, 0.3) is 17.5 Å². The van der Waals surface area contributed by atoms with Crippen LogP contribution in [0, 0.1) is 10.1 Å². The second-order valence-electron chi connectivity index (χ2n) is 8.68. The quantitative estimate of drug-likeness (QED) is 0.0791. The van der Waals surface area contributed by atoms with E-state index in [1.165, 1.54) is 69.0 Å². The zero-order valence-electron chi connectivity index (χ0n) is 22.7. The summed E-state index contributed by atoms with van der Waals surface area (Å²) in [6.45, 7) is 0. The van der Waals surface area contributed by atoms with E-state index in [0.717, 1.165) is 0 Å².